The summed E-state index contributed by atoms with van der Waals surface area (Å²) < 4.78 is 6.01. The fraction of sp³-hybridized carbons (Fsp3) is 0.333. The zero-order valence-corrected chi connectivity index (χ0v) is 11.2. The molecule has 0 saturated carbocycles. The summed E-state index contributed by atoms with van der Waals surface area (Å²) in [5.41, 5.74) is 5.98. The van der Waals surface area contributed by atoms with E-state index < -0.39 is 0 Å². The number of ether oxygens (including phenoxy) is 1. The molecule has 2 aromatic rings. The van der Waals surface area contributed by atoms with Crippen molar-refractivity contribution in [3.8, 4) is 0 Å². The number of anilines is 1. The lowest BCUT2D eigenvalue weighted by Gasteiger charge is -2.25. The molecule has 3 N–H and O–H groups in total. The normalized spacial score (nSPS) is 17.6. The van der Waals surface area contributed by atoms with Crippen molar-refractivity contribution in [2.75, 3.05) is 5.43 Å². The van der Waals surface area contributed by atoms with Crippen LogP contribution in [0.2, 0.25) is 0 Å². The number of rotatable bonds is 4. The second kappa shape index (κ2) is 5.98. The Bertz CT molecular complexity index is 570. The van der Waals surface area contributed by atoms with Crippen molar-refractivity contribution < 1.29 is 4.74 Å². The van der Waals surface area contributed by atoms with Crippen molar-refractivity contribution in [3.05, 3.63) is 53.5 Å². The SMILES string of the molecule is NNc1cnc(COC2CCCc3ccccc32)cn1. The third-order valence-electron chi connectivity index (χ3n) is 3.60. The zero-order chi connectivity index (χ0) is 13.8. The molecule has 1 aromatic heterocycles. The number of hydrogen-bond donors (Lipinski definition) is 2. The molecule has 1 heterocycles. The molecule has 3 rings (SSSR count). The highest BCUT2D eigenvalue weighted by Gasteiger charge is 2.20. The quantitative estimate of drug-likeness (QED) is 0.659. The molecule has 104 valence electrons. The van der Waals surface area contributed by atoms with Crippen LogP contribution in [0.4, 0.5) is 5.82 Å². The second-order valence-corrected chi connectivity index (χ2v) is 4.93. The number of nitrogens with one attached hydrogen (secondary N) is 1. The number of aromatic nitrogens is 2. The van der Waals surface area contributed by atoms with Crippen LogP contribution in [0.15, 0.2) is 36.7 Å². The van der Waals surface area contributed by atoms with E-state index in [4.69, 9.17) is 10.6 Å². The van der Waals surface area contributed by atoms with Gasteiger partial charge in [0.15, 0.2) is 5.82 Å². The van der Waals surface area contributed by atoms with Gasteiger partial charge in [-0.05, 0) is 30.4 Å². The van der Waals surface area contributed by atoms with E-state index in [1.54, 1.807) is 12.4 Å². The summed E-state index contributed by atoms with van der Waals surface area (Å²) in [6.07, 6.45) is 6.83. The Hall–Kier alpha value is -1.98. The van der Waals surface area contributed by atoms with Gasteiger partial charge < -0.3 is 10.2 Å². The molecular weight excluding hydrogens is 252 g/mol. The first-order chi connectivity index (χ1) is 9.86. The molecule has 0 bridgehead atoms. The van der Waals surface area contributed by atoms with Gasteiger partial charge in [0.05, 0.1) is 30.8 Å². The maximum atomic E-state index is 6.01. The average Bonchev–Trinajstić information content (AvgIpc) is 2.53. The van der Waals surface area contributed by atoms with Gasteiger partial charge in [0.25, 0.3) is 0 Å². The number of fused-ring (bicyclic) bond motifs is 1. The van der Waals surface area contributed by atoms with Gasteiger partial charge in [-0.1, -0.05) is 24.3 Å². The zero-order valence-electron chi connectivity index (χ0n) is 11.2. The van der Waals surface area contributed by atoms with Crippen molar-refractivity contribution >= 4 is 5.82 Å². The smallest absolute Gasteiger partial charge is 0.158 e. The van der Waals surface area contributed by atoms with E-state index >= 15 is 0 Å². The Balaban J connectivity index is 1.66. The molecule has 0 spiro atoms. The highest BCUT2D eigenvalue weighted by molar-refractivity contribution is 5.31. The molecule has 0 saturated heterocycles. The van der Waals surface area contributed by atoms with Gasteiger partial charge in [0.2, 0.25) is 0 Å². The number of nitrogen functional groups attached to an aromatic ring is 1. The first-order valence-electron chi connectivity index (χ1n) is 6.84. The van der Waals surface area contributed by atoms with Crippen molar-refractivity contribution in [1.29, 1.82) is 0 Å². The molecular formula is C15H18N4O. The van der Waals surface area contributed by atoms with E-state index in [1.807, 2.05) is 0 Å². The monoisotopic (exact) mass is 270 g/mol. The summed E-state index contributed by atoms with van der Waals surface area (Å²) in [4.78, 5) is 8.39. The summed E-state index contributed by atoms with van der Waals surface area (Å²) in [6, 6.07) is 8.51. The fourth-order valence-electron chi connectivity index (χ4n) is 2.57. The van der Waals surface area contributed by atoms with Gasteiger partial charge in [-0.2, -0.15) is 0 Å². The number of hydrazine groups is 1. The van der Waals surface area contributed by atoms with E-state index in [0.29, 0.717) is 12.4 Å². The highest BCUT2D eigenvalue weighted by atomic mass is 16.5. The molecule has 1 aromatic carbocycles. The van der Waals surface area contributed by atoms with E-state index in [-0.39, 0.29) is 6.10 Å². The minimum atomic E-state index is 0.161. The lowest BCUT2D eigenvalue weighted by molar-refractivity contribution is 0.0263. The Morgan fingerprint density at radius 3 is 2.95 bits per heavy atom. The molecule has 1 unspecified atom stereocenters. The number of hydrogen-bond acceptors (Lipinski definition) is 5. The Labute approximate surface area is 118 Å². The van der Waals surface area contributed by atoms with Crippen LogP contribution in [-0.2, 0) is 17.8 Å². The largest absolute Gasteiger partial charge is 0.367 e. The molecule has 5 heteroatoms. The summed E-state index contributed by atoms with van der Waals surface area (Å²) in [5, 5.41) is 0. The average molecular weight is 270 g/mol. The van der Waals surface area contributed by atoms with Crippen LogP contribution in [0.5, 0.6) is 0 Å². The van der Waals surface area contributed by atoms with Crippen LogP contribution >= 0.6 is 0 Å². The molecule has 0 aliphatic heterocycles. The molecule has 1 aliphatic rings. The molecule has 0 radical (unpaired) electrons. The van der Waals surface area contributed by atoms with E-state index in [2.05, 4.69) is 39.7 Å². The topological polar surface area (TPSA) is 73.1 Å². The molecule has 0 fully saturated rings. The van der Waals surface area contributed by atoms with Crippen LogP contribution in [-0.4, -0.2) is 9.97 Å². The van der Waals surface area contributed by atoms with Crippen molar-refractivity contribution in [2.24, 2.45) is 5.84 Å². The van der Waals surface area contributed by atoms with Crippen LogP contribution in [0.1, 0.15) is 35.8 Å². The maximum Gasteiger partial charge on any atom is 0.158 e. The van der Waals surface area contributed by atoms with Gasteiger partial charge in [0.1, 0.15) is 0 Å². The standard InChI is InChI=1S/C15H18N4O/c16-19-15-9-17-12(8-18-15)10-20-14-7-3-5-11-4-1-2-6-13(11)14/h1-2,4,6,8-9,14H,3,5,7,10,16H2,(H,18,19). The van der Waals surface area contributed by atoms with E-state index in [1.165, 1.54) is 17.5 Å². The summed E-state index contributed by atoms with van der Waals surface area (Å²) in [5.74, 6) is 5.81. The predicted octanol–water partition coefficient (Wildman–Crippen LogP) is 2.36. The van der Waals surface area contributed by atoms with Crippen molar-refractivity contribution in [3.63, 3.8) is 0 Å². The van der Waals surface area contributed by atoms with Gasteiger partial charge >= 0.3 is 0 Å². The van der Waals surface area contributed by atoms with Crippen LogP contribution in [0, 0.1) is 0 Å². The molecule has 20 heavy (non-hydrogen) atoms. The Kier molecular flexibility index (Phi) is 3.90. The minimum Gasteiger partial charge on any atom is -0.367 e. The van der Waals surface area contributed by atoms with Crippen LogP contribution in [0.3, 0.4) is 0 Å². The number of benzene rings is 1. The van der Waals surface area contributed by atoms with Gasteiger partial charge in [-0.15, -0.1) is 0 Å². The number of nitrogens with two attached hydrogens (primary N) is 1. The number of aryl methyl sites for hydroxylation is 1. The van der Waals surface area contributed by atoms with E-state index in [0.717, 1.165) is 18.5 Å². The first kappa shape index (κ1) is 13.0. The fourth-order valence-corrected chi connectivity index (χ4v) is 2.57. The second-order valence-electron chi connectivity index (χ2n) is 4.93. The summed E-state index contributed by atoms with van der Waals surface area (Å²) in [6.45, 7) is 0.469. The van der Waals surface area contributed by atoms with Crippen molar-refractivity contribution in [1.82, 2.24) is 9.97 Å². The summed E-state index contributed by atoms with van der Waals surface area (Å²) in [7, 11) is 0. The lowest BCUT2D eigenvalue weighted by atomic mass is 9.89. The van der Waals surface area contributed by atoms with Gasteiger partial charge in [0, 0.05) is 0 Å². The molecule has 5 nitrogen and oxygen atoms in total. The Morgan fingerprint density at radius 1 is 1.25 bits per heavy atom. The minimum absolute atomic E-state index is 0.161. The molecule has 0 amide bonds. The first-order valence-corrected chi connectivity index (χ1v) is 6.84. The maximum absolute atomic E-state index is 6.01. The molecule has 1 aliphatic carbocycles. The van der Waals surface area contributed by atoms with E-state index in [9.17, 15) is 0 Å². The van der Waals surface area contributed by atoms with Crippen LogP contribution < -0.4 is 11.3 Å². The van der Waals surface area contributed by atoms with Crippen LogP contribution in [0.25, 0.3) is 0 Å². The highest BCUT2D eigenvalue weighted by Crippen LogP contribution is 2.32. The third kappa shape index (κ3) is 2.79. The lowest BCUT2D eigenvalue weighted by Crippen LogP contribution is -2.13. The van der Waals surface area contributed by atoms with Gasteiger partial charge in [-0.3, -0.25) is 4.98 Å². The Morgan fingerprint density at radius 2 is 2.15 bits per heavy atom. The molecule has 1 atom stereocenters. The number of nitrogens with zero attached hydrogens (tertiary/aromatic N) is 2. The summed E-state index contributed by atoms with van der Waals surface area (Å²) >= 11 is 0. The van der Waals surface area contributed by atoms with Crippen molar-refractivity contribution in [2.45, 2.75) is 32.0 Å². The predicted molar refractivity (Wildman–Crippen MR) is 76.8 cm³/mol. The van der Waals surface area contributed by atoms with Gasteiger partial charge in [-0.25, -0.2) is 10.8 Å². The third-order valence-corrected chi connectivity index (χ3v) is 3.60.